The van der Waals surface area contributed by atoms with E-state index < -0.39 is 18.2 Å². The molecular weight excluding hydrogens is 667 g/mol. The molecule has 1 amide bonds. The molecule has 0 aliphatic carbocycles. The molecule has 0 aliphatic rings. The summed E-state index contributed by atoms with van der Waals surface area (Å²) in [6.07, 6.45) is 53.7. The SMILES string of the molecule is CCCCCCC/C=C/CCCC(O)C(O)C(CO)NC(=O)CCCCCCCCCCCCCCCCCCCCCCCCCCCCCCCC. The maximum absolute atomic E-state index is 12.4. The summed E-state index contributed by atoms with van der Waals surface area (Å²) in [6, 6.07) is -0.820. The average molecular weight is 764 g/mol. The molecular formula is C49H97NO4. The number of rotatable bonds is 45. The first-order valence-corrected chi connectivity index (χ1v) is 24.5. The summed E-state index contributed by atoms with van der Waals surface area (Å²) in [5.74, 6) is -0.151. The van der Waals surface area contributed by atoms with Crippen LogP contribution in [0.4, 0.5) is 0 Å². The molecule has 0 rings (SSSR count). The Morgan fingerprint density at radius 2 is 0.741 bits per heavy atom. The van der Waals surface area contributed by atoms with Crippen molar-refractivity contribution in [2.24, 2.45) is 0 Å². The molecule has 0 aromatic heterocycles. The van der Waals surface area contributed by atoms with Gasteiger partial charge in [0.05, 0.1) is 18.8 Å². The minimum atomic E-state index is -1.15. The van der Waals surface area contributed by atoms with Crippen molar-refractivity contribution in [3.05, 3.63) is 12.2 Å². The van der Waals surface area contributed by atoms with Gasteiger partial charge in [-0.25, -0.2) is 0 Å². The van der Waals surface area contributed by atoms with Crippen LogP contribution in [0, 0.1) is 0 Å². The molecule has 322 valence electrons. The smallest absolute Gasteiger partial charge is 0.220 e. The number of carbonyl (C=O) groups is 1. The number of aliphatic hydroxyl groups is 3. The number of hydrogen-bond donors (Lipinski definition) is 4. The van der Waals surface area contributed by atoms with Gasteiger partial charge in [0.1, 0.15) is 6.10 Å². The maximum atomic E-state index is 12.4. The van der Waals surface area contributed by atoms with Gasteiger partial charge in [0, 0.05) is 6.42 Å². The van der Waals surface area contributed by atoms with Gasteiger partial charge in [0.2, 0.25) is 5.91 Å². The summed E-state index contributed by atoms with van der Waals surface area (Å²) in [5.41, 5.74) is 0. The van der Waals surface area contributed by atoms with Crippen LogP contribution in [0.3, 0.4) is 0 Å². The lowest BCUT2D eigenvalue weighted by molar-refractivity contribution is -0.124. The van der Waals surface area contributed by atoms with Crippen molar-refractivity contribution >= 4 is 5.91 Å². The third-order valence-electron chi connectivity index (χ3n) is 11.6. The first-order valence-electron chi connectivity index (χ1n) is 24.5. The predicted molar refractivity (Wildman–Crippen MR) is 236 cm³/mol. The zero-order chi connectivity index (χ0) is 39.4. The molecule has 0 aromatic rings. The summed E-state index contributed by atoms with van der Waals surface area (Å²) in [4.78, 5) is 12.4. The van der Waals surface area contributed by atoms with Crippen LogP contribution in [-0.2, 0) is 4.79 Å². The largest absolute Gasteiger partial charge is 0.394 e. The Kier molecular flexibility index (Phi) is 44.0. The number of unbranched alkanes of at least 4 members (excludes halogenated alkanes) is 35. The lowest BCUT2D eigenvalue weighted by atomic mass is 10.0. The maximum Gasteiger partial charge on any atom is 0.220 e. The normalized spacial score (nSPS) is 13.5. The molecule has 54 heavy (non-hydrogen) atoms. The van der Waals surface area contributed by atoms with Crippen molar-refractivity contribution in [2.75, 3.05) is 6.61 Å². The number of carbonyl (C=O) groups excluding carboxylic acids is 1. The molecule has 5 nitrogen and oxygen atoms in total. The van der Waals surface area contributed by atoms with E-state index in [1.54, 1.807) is 0 Å². The zero-order valence-corrected chi connectivity index (χ0v) is 36.6. The van der Waals surface area contributed by atoms with Crippen LogP contribution in [0.2, 0.25) is 0 Å². The highest BCUT2D eigenvalue weighted by molar-refractivity contribution is 5.76. The van der Waals surface area contributed by atoms with Crippen LogP contribution in [0.25, 0.3) is 0 Å². The first-order chi connectivity index (χ1) is 26.6. The molecule has 0 saturated heterocycles. The van der Waals surface area contributed by atoms with Crippen LogP contribution >= 0.6 is 0 Å². The van der Waals surface area contributed by atoms with Gasteiger partial charge >= 0.3 is 0 Å². The molecule has 3 unspecified atom stereocenters. The number of aliphatic hydroxyl groups excluding tert-OH is 3. The van der Waals surface area contributed by atoms with Gasteiger partial charge in [-0.3, -0.25) is 4.79 Å². The first kappa shape index (κ1) is 53.1. The number of amides is 1. The Morgan fingerprint density at radius 3 is 1.07 bits per heavy atom. The highest BCUT2D eigenvalue weighted by Crippen LogP contribution is 2.17. The fraction of sp³-hybridized carbons (Fsp3) is 0.939. The lowest BCUT2D eigenvalue weighted by Gasteiger charge is -2.26. The quantitative estimate of drug-likeness (QED) is 0.0367. The van der Waals surface area contributed by atoms with Gasteiger partial charge in [-0.15, -0.1) is 0 Å². The standard InChI is InChI=1S/C49H97NO4/c1-3-5-7-9-11-13-15-16-17-18-19-20-21-22-23-24-25-26-27-28-29-30-31-32-33-34-36-38-40-42-44-48(53)50-46(45-51)49(54)47(52)43-41-39-37-35-14-12-10-8-6-4-2/h35,37,46-47,49,51-52,54H,3-34,36,38-45H2,1-2H3,(H,50,53)/b37-35+. The van der Waals surface area contributed by atoms with Crippen LogP contribution < -0.4 is 5.32 Å². The summed E-state index contributed by atoms with van der Waals surface area (Å²) in [6.45, 7) is 4.16. The van der Waals surface area contributed by atoms with Crippen molar-refractivity contribution in [3.63, 3.8) is 0 Å². The minimum absolute atomic E-state index is 0.151. The van der Waals surface area contributed by atoms with E-state index >= 15 is 0 Å². The second-order valence-corrected chi connectivity index (χ2v) is 17.0. The average Bonchev–Trinajstić information content (AvgIpc) is 3.18. The van der Waals surface area contributed by atoms with E-state index in [-0.39, 0.29) is 12.5 Å². The highest BCUT2D eigenvalue weighted by Gasteiger charge is 2.26. The molecule has 0 spiro atoms. The third kappa shape index (κ3) is 39.3. The summed E-state index contributed by atoms with van der Waals surface area (Å²) >= 11 is 0. The van der Waals surface area contributed by atoms with Crippen LogP contribution in [0.5, 0.6) is 0 Å². The van der Waals surface area contributed by atoms with Crippen molar-refractivity contribution in [2.45, 2.75) is 289 Å². The van der Waals surface area contributed by atoms with E-state index in [1.807, 2.05) is 0 Å². The van der Waals surface area contributed by atoms with E-state index in [2.05, 4.69) is 31.3 Å². The molecule has 4 N–H and O–H groups in total. The molecule has 0 radical (unpaired) electrons. The molecule has 0 heterocycles. The van der Waals surface area contributed by atoms with Crippen LogP contribution in [0.1, 0.15) is 271 Å². The Morgan fingerprint density at radius 1 is 0.444 bits per heavy atom. The Balaban J connectivity index is 3.45. The Labute approximate surface area is 338 Å². The Hall–Kier alpha value is -0.910. The van der Waals surface area contributed by atoms with Gasteiger partial charge in [-0.2, -0.15) is 0 Å². The molecule has 3 atom stereocenters. The number of hydrogen-bond acceptors (Lipinski definition) is 4. The topological polar surface area (TPSA) is 89.8 Å². The van der Waals surface area contributed by atoms with Crippen molar-refractivity contribution in [1.29, 1.82) is 0 Å². The van der Waals surface area contributed by atoms with Crippen LogP contribution in [-0.4, -0.2) is 46.1 Å². The van der Waals surface area contributed by atoms with E-state index in [4.69, 9.17) is 0 Å². The summed E-state index contributed by atoms with van der Waals surface area (Å²) < 4.78 is 0. The molecule has 0 saturated carbocycles. The summed E-state index contributed by atoms with van der Waals surface area (Å²) in [5, 5.41) is 33.4. The second kappa shape index (κ2) is 44.8. The van der Waals surface area contributed by atoms with E-state index in [1.165, 1.54) is 205 Å². The fourth-order valence-corrected chi connectivity index (χ4v) is 7.81. The number of nitrogens with one attached hydrogen (secondary N) is 1. The number of allylic oxidation sites excluding steroid dienone is 2. The van der Waals surface area contributed by atoms with Crippen molar-refractivity contribution in [3.8, 4) is 0 Å². The molecule has 0 bridgehead atoms. The van der Waals surface area contributed by atoms with Gasteiger partial charge in [-0.1, -0.05) is 238 Å². The zero-order valence-electron chi connectivity index (χ0n) is 36.6. The molecule has 0 aromatic carbocycles. The van der Waals surface area contributed by atoms with E-state index in [9.17, 15) is 20.1 Å². The van der Waals surface area contributed by atoms with Gasteiger partial charge < -0.3 is 20.6 Å². The highest BCUT2D eigenvalue weighted by atomic mass is 16.3. The van der Waals surface area contributed by atoms with Gasteiger partial charge in [-0.05, 0) is 38.5 Å². The third-order valence-corrected chi connectivity index (χ3v) is 11.6. The predicted octanol–water partition coefficient (Wildman–Crippen LogP) is 14.4. The van der Waals surface area contributed by atoms with Gasteiger partial charge in [0.25, 0.3) is 0 Å². The second-order valence-electron chi connectivity index (χ2n) is 17.0. The lowest BCUT2D eigenvalue weighted by Crippen LogP contribution is -2.50. The molecule has 0 fully saturated rings. The minimum Gasteiger partial charge on any atom is -0.394 e. The van der Waals surface area contributed by atoms with Gasteiger partial charge in [0.15, 0.2) is 0 Å². The summed E-state index contributed by atoms with van der Waals surface area (Å²) in [7, 11) is 0. The molecule has 0 aliphatic heterocycles. The van der Waals surface area contributed by atoms with Crippen molar-refractivity contribution < 1.29 is 20.1 Å². The molecule has 5 heteroatoms. The Bertz CT molecular complexity index is 758. The van der Waals surface area contributed by atoms with Crippen molar-refractivity contribution in [1.82, 2.24) is 5.32 Å². The van der Waals surface area contributed by atoms with E-state index in [0.717, 1.165) is 38.5 Å². The fourth-order valence-electron chi connectivity index (χ4n) is 7.81. The monoisotopic (exact) mass is 764 g/mol. The van der Waals surface area contributed by atoms with Crippen LogP contribution in [0.15, 0.2) is 12.2 Å². The van der Waals surface area contributed by atoms with E-state index in [0.29, 0.717) is 12.8 Å².